The largest absolute Gasteiger partial charge is 0.476 e. The number of amides is 1. The number of thiazole rings is 1. The zero-order valence-electron chi connectivity index (χ0n) is 14.1. The molecule has 0 bridgehead atoms. The smallest absolute Gasteiger partial charge is 0.355 e. The number of nitrogens with one attached hydrogen (secondary N) is 2. The Kier molecular flexibility index (Phi) is 5.14. The van der Waals surface area contributed by atoms with Crippen molar-refractivity contribution < 1.29 is 14.7 Å². The highest BCUT2D eigenvalue weighted by molar-refractivity contribution is 7.18. The van der Waals surface area contributed by atoms with Crippen molar-refractivity contribution in [1.82, 2.24) is 20.3 Å². The molecule has 0 saturated carbocycles. The maximum atomic E-state index is 12.2. The molecule has 0 unspecified atom stereocenters. The SMILES string of the molecule is Cc1sc2nc(CCC(=O)NCc3nc(C(=O)O)cs3)[nH]c(=O)c2c1C. The van der Waals surface area contributed by atoms with E-state index in [0.29, 0.717) is 27.5 Å². The minimum Gasteiger partial charge on any atom is -0.476 e. The van der Waals surface area contributed by atoms with Crippen LogP contribution in [0, 0.1) is 13.8 Å². The van der Waals surface area contributed by atoms with Crippen molar-refractivity contribution in [1.29, 1.82) is 0 Å². The molecule has 0 aliphatic heterocycles. The number of carboxylic acid groups (broad SMARTS) is 1. The first-order valence-corrected chi connectivity index (χ1v) is 9.48. The van der Waals surface area contributed by atoms with E-state index >= 15 is 0 Å². The van der Waals surface area contributed by atoms with Gasteiger partial charge in [0.15, 0.2) is 5.69 Å². The maximum absolute atomic E-state index is 12.2. The molecule has 0 saturated heterocycles. The molecular weight excluding hydrogens is 376 g/mol. The van der Waals surface area contributed by atoms with Crippen LogP contribution in [0.1, 0.15) is 38.2 Å². The third-order valence-corrected chi connectivity index (χ3v) is 5.83. The lowest BCUT2D eigenvalue weighted by Gasteiger charge is -2.03. The Balaban J connectivity index is 1.59. The molecule has 0 aliphatic rings. The quantitative estimate of drug-likeness (QED) is 0.589. The summed E-state index contributed by atoms with van der Waals surface area (Å²) in [7, 11) is 0. The Hall–Kier alpha value is -2.59. The fourth-order valence-electron chi connectivity index (χ4n) is 2.40. The number of nitrogens with zero attached hydrogens (tertiary/aromatic N) is 2. The van der Waals surface area contributed by atoms with Crippen molar-refractivity contribution in [3.8, 4) is 0 Å². The minimum absolute atomic E-state index is 0.0316. The van der Waals surface area contributed by atoms with Crippen LogP contribution in [0.4, 0.5) is 0 Å². The number of rotatable bonds is 6. The predicted octanol–water partition coefficient (Wildman–Crippen LogP) is 2.01. The molecule has 1 amide bonds. The number of aromatic nitrogens is 3. The van der Waals surface area contributed by atoms with Crippen molar-refractivity contribution in [2.75, 3.05) is 0 Å². The number of hydrogen-bond donors (Lipinski definition) is 3. The van der Waals surface area contributed by atoms with Crippen LogP contribution in [0.5, 0.6) is 0 Å². The molecule has 0 aliphatic carbocycles. The highest BCUT2D eigenvalue weighted by Crippen LogP contribution is 2.25. The van der Waals surface area contributed by atoms with Gasteiger partial charge in [0.1, 0.15) is 15.7 Å². The second-order valence-electron chi connectivity index (χ2n) is 5.68. The van der Waals surface area contributed by atoms with E-state index in [1.807, 2.05) is 13.8 Å². The predicted molar refractivity (Wildman–Crippen MR) is 99.0 cm³/mol. The van der Waals surface area contributed by atoms with Crippen LogP contribution in [0.15, 0.2) is 10.2 Å². The van der Waals surface area contributed by atoms with E-state index in [1.54, 1.807) is 0 Å². The summed E-state index contributed by atoms with van der Waals surface area (Å²) < 4.78 is 0. The van der Waals surface area contributed by atoms with Crippen LogP contribution in [0.3, 0.4) is 0 Å². The average Bonchev–Trinajstić information content (AvgIpc) is 3.16. The third kappa shape index (κ3) is 3.81. The Morgan fingerprint density at radius 1 is 1.31 bits per heavy atom. The summed E-state index contributed by atoms with van der Waals surface area (Å²) in [4.78, 5) is 47.8. The Labute approximate surface area is 155 Å². The van der Waals surface area contributed by atoms with Gasteiger partial charge in [0.05, 0.1) is 11.9 Å². The number of carbonyl (C=O) groups is 2. The average molecular weight is 392 g/mol. The first kappa shape index (κ1) is 18.2. The first-order chi connectivity index (χ1) is 12.3. The van der Waals surface area contributed by atoms with E-state index in [2.05, 4.69) is 20.3 Å². The Morgan fingerprint density at radius 2 is 2.08 bits per heavy atom. The molecule has 26 heavy (non-hydrogen) atoms. The van der Waals surface area contributed by atoms with Gasteiger partial charge in [0, 0.05) is 23.1 Å². The monoisotopic (exact) mass is 392 g/mol. The van der Waals surface area contributed by atoms with Gasteiger partial charge in [-0.2, -0.15) is 0 Å². The molecule has 3 aromatic rings. The van der Waals surface area contributed by atoms with Gasteiger partial charge in [-0.05, 0) is 19.4 Å². The first-order valence-electron chi connectivity index (χ1n) is 7.78. The maximum Gasteiger partial charge on any atom is 0.355 e. The summed E-state index contributed by atoms with van der Waals surface area (Å²) in [5.74, 6) is -0.844. The second-order valence-corrected chi connectivity index (χ2v) is 7.83. The summed E-state index contributed by atoms with van der Waals surface area (Å²) >= 11 is 2.64. The lowest BCUT2D eigenvalue weighted by atomic mass is 10.2. The summed E-state index contributed by atoms with van der Waals surface area (Å²) in [6.45, 7) is 4.01. The highest BCUT2D eigenvalue weighted by atomic mass is 32.1. The van der Waals surface area contributed by atoms with Crippen LogP contribution in [0.2, 0.25) is 0 Å². The molecular formula is C16H16N4O4S2. The molecule has 3 N–H and O–H groups in total. The van der Waals surface area contributed by atoms with E-state index in [-0.39, 0.29) is 30.1 Å². The standard InChI is InChI=1S/C16H16N4O4S2/c1-7-8(2)26-15-13(7)14(22)19-10(20-15)3-4-11(21)17-5-12-18-9(6-25-12)16(23)24/h6H,3-5H2,1-2H3,(H,17,21)(H,23,24)(H,19,20,22). The molecule has 136 valence electrons. The van der Waals surface area contributed by atoms with Crippen molar-refractivity contribution >= 4 is 44.8 Å². The number of aromatic carboxylic acids is 1. The van der Waals surface area contributed by atoms with Crippen molar-refractivity contribution in [2.45, 2.75) is 33.2 Å². The summed E-state index contributed by atoms with van der Waals surface area (Å²) in [5, 5.41) is 14.1. The third-order valence-electron chi connectivity index (χ3n) is 3.88. The van der Waals surface area contributed by atoms with Gasteiger partial charge in [-0.1, -0.05) is 0 Å². The summed E-state index contributed by atoms with van der Waals surface area (Å²) in [6.07, 6.45) is 0.472. The lowest BCUT2D eigenvalue weighted by molar-refractivity contribution is -0.121. The van der Waals surface area contributed by atoms with Gasteiger partial charge in [0.2, 0.25) is 5.91 Å². The van der Waals surface area contributed by atoms with Crippen LogP contribution in [-0.4, -0.2) is 31.9 Å². The fraction of sp³-hybridized carbons (Fsp3) is 0.312. The van der Waals surface area contributed by atoms with Crippen molar-refractivity contribution in [3.05, 3.63) is 42.7 Å². The summed E-state index contributed by atoms with van der Waals surface area (Å²) in [6, 6.07) is 0. The molecule has 0 fully saturated rings. The number of H-pyrrole nitrogens is 1. The number of thiophene rings is 1. The minimum atomic E-state index is -1.09. The van der Waals surface area contributed by atoms with E-state index in [0.717, 1.165) is 10.4 Å². The Morgan fingerprint density at radius 3 is 2.77 bits per heavy atom. The van der Waals surface area contributed by atoms with Crippen LogP contribution in [0.25, 0.3) is 10.2 Å². The topological polar surface area (TPSA) is 125 Å². The van der Waals surface area contributed by atoms with Gasteiger partial charge in [-0.15, -0.1) is 22.7 Å². The van der Waals surface area contributed by atoms with Gasteiger partial charge >= 0.3 is 5.97 Å². The Bertz CT molecular complexity index is 1050. The number of carboxylic acids is 1. The van der Waals surface area contributed by atoms with Crippen molar-refractivity contribution in [2.24, 2.45) is 0 Å². The molecule has 0 radical (unpaired) electrons. The van der Waals surface area contributed by atoms with Gasteiger partial charge in [0.25, 0.3) is 5.56 Å². The number of aromatic amines is 1. The zero-order chi connectivity index (χ0) is 18.8. The highest BCUT2D eigenvalue weighted by Gasteiger charge is 2.13. The van der Waals surface area contributed by atoms with Crippen LogP contribution in [-0.2, 0) is 17.8 Å². The molecule has 3 heterocycles. The molecule has 0 aromatic carbocycles. The van der Waals surface area contributed by atoms with E-state index in [9.17, 15) is 14.4 Å². The van der Waals surface area contributed by atoms with E-state index in [4.69, 9.17) is 5.11 Å². The lowest BCUT2D eigenvalue weighted by Crippen LogP contribution is -2.23. The van der Waals surface area contributed by atoms with Gasteiger partial charge < -0.3 is 15.4 Å². The fourth-order valence-corrected chi connectivity index (χ4v) is 4.16. The summed E-state index contributed by atoms with van der Waals surface area (Å²) in [5.41, 5.74) is 0.722. The number of aryl methyl sites for hydroxylation is 3. The molecule has 3 aromatic heterocycles. The van der Waals surface area contributed by atoms with Gasteiger partial charge in [-0.25, -0.2) is 14.8 Å². The van der Waals surface area contributed by atoms with Crippen molar-refractivity contribution in [3.63, 3.8) is 0 Å². The second kappa shape index (κ2) is 7.34. The number of hydrogen-bond acceptors (Lipinski definition) is 7. The molecule has 0 spiro atoms. The number of fused-ring (bicyclic) bond motifs is 1. The molecule has 3 rings (SSSR count). The molecule has 8 nitrogen and oxygen atoms in total. The van der Waals surface area contributed by atoms with Crippen LogP contribution < -0.4 is 10.9 Å². The van der Waals surface area contributed by atoms with E-state index in [1.165, 1.54) is 28.1 Å². The van der Waals surface area contributed by atoms with E-state index < -0.39 is 5.97 Å². The molecule has 0 atom stereocenters. The van der Waals surface area contributed by atoms with Crippen LogP contribution >= 0.6 is 22.7 Å². The zero-order valence-corrected chi connectivity index (χ0v) is 15.7. The normalized spacial score (nSPS) is 11.0. The van der Waals surface area contributed by atoms with Gasteiger partial charge in [-0.3, -0.25) is 9.59 Å². The number of carbonyl (C=O) groups excluding carboxylic acids is 1. The molecule has 10 heteroatoms.